The summed E-state index contributed by atoms with van der Waals surface area (Å²) in [5.41, 5.74) is 3.94. The van der Waals surface area contributed by atoms with E-state index < -0.39 is 0 Å². The van der Waals surface area contributed by atoms with Crippen LogP contribution in [0.25, 0.3) is 22.4 Å². The maximum absolute atomic E-state index is 6.39. The molecule has 5 heteroatoms. The van der Waals surface area contributed by atoms with Crippen LogP contribution in [0.15, 0.2) is 71.2 Å². The van der Waals surface area contributed by atoms with Gasteiger partial charge in [-0.15, -0.1) is 0 Å². The van der Waals surface area contributed by atoms with E-state index in [9.17, 15) is 0 Å². The monoisotopic (exact) mass is 430 g/mol. The summed E-state index contributed by atoms with van der Waals surface area (Å²) >= 11 is 16.3. The molecule has 25 heavy (non-hydrogen) atoms. The third kappa shape index (κ3) is 3.20. The predicted octanol–water partition coefficient (Wildman–Crippen LogP) is 6.82. The Morgan fingerprint density at radius 2 is 1.52 bits per heavy atom. The fourth-order valence-electron chi connectivity index (χ4n) is 2.90. The van der Waals surface area contributed by atoms with Crippen molar-refractivity contribution < 1.29 is 0 Å². The van der Waals surface area contributed by atoms with Gasteiger partial charge in [0.1, 0.15) is 5.82 Å². The van der Waals surface area contributed by atoms with Crippen LogP contribution in [-0.4, -0.2) is 9.55 Å². The van der Waals surface area contributed by atoms with E-state index in [2.05, 4.69) is 38.7 Å². The second-order valence-corrected chi connectivity index (χ2v) is 7.45. The van der Waals surface area contributed by atoms with Gasteiger partial charge in [-0.25, -0.2) is 4.98 Å². The number of para-hydroxylation sites is 2. The molecule has 0 unspecified atom stereocenters. The second-order valence-electron chi connectivity index (χ2n) is 5.72. The average Bonchev–Trinajstić information content (AvgIpc) is 2.97. The van der Waals surface area contributed by atoms with Crippen molar-refractivity contribution in [3.63, 3.8) is 0 Å². The maximum atomic E-state index is 6.39. The van der Waals surface area contributed by atoms with Gasteiger partial charge in [0, 0.05) is 25.6 Å². The van der Waals surface area contributed by atoms with Gasteiger partial charge in [-0.3, -0.25) is 0 Å². The first-order chi connectivity index (χ1) is 12.1. The molecule has 0 amide bonds. The Morgan fingerprint density at radius 1 is 0.840 bits per heavy atom. The number of aromatic nitrogens is 2. The summed E-state index contributed by atoms with van der Waals surface area (Å²) < 4.78 is 3.19. The topological polar surface area (TPSA) is 17.8 Å². The Balaban J connectivity index is 1.92. The van der Waals surface area contributed by atoms with E-state index >= 15 is 0 Å². The van der Waals surface area contributed by atoms with Gasteiger partial charge >= 0.3 is 0 Å². The zero-order valence-electron chi connectivity index (χ0n) is 13.1. The zero-order valence-corrected chi connectivity index (χ0v) is 16.2. The summed E-state index contributed by atoms with van der Waals surface area (Å²) in [6, 6.07) is 21.8. The van der Waals surface area contributed by atoms with Crippen LogP contribution in [0, 0.1) is 0 Å². The van der Waals surface area contributed by atoms with Crippen molar-refractivity contribution in [2.75, 3.05) is 0 Å². The molecule has 0 fully saturated rings. The number of fused-ring (bicyclic) bond motifs is 1. The van der Waals surface area contributed by atoms with E-state index in [1.54, 1.807) is 0 Å². The van der Waals surface area contributed by atoms with Gasteiger partial charge in [0.25, 0.3) is 0 Å². The van der Waals surface area contributed by atoms with E-state index in [4.69, 9.17) is 28.2 Å². The van der Waals surface area contributed by atoms with Gasteiger partial charge < -0.3 is 4.57 Å². The highest BCUT2D eigenvalue weighted by atomic mass is 79.9. The highest BCUT2D eigenvalue weighted by Crippen LogP contribution is 2.31. The number of imidazole rings is 1. The van der Waals surface area contributed by atoms with E-state index in [0.717, 1.165) is 32.5 Å². The van der Waals surface area contributed by atoms with Crippen LogP contribution < -0.4 is 0 Å². The molecule has 0 aliphatic heterocycles. The average molecular weight is 432 g/mol. The minimum Gasteiger partial charge on any atom is -0.319 e. The van der Waals surface area contributed by atoms with Crippen LogP contribution in [0.3, 0.4) is 0 Å². The van der Waals surface area contributed by atoms with Gasteiger partial charge in [-0.1, -0.05) is 69.5 Å². The second kappa shape index (κ2) is 6.83. The van der Waals surface area contributed by atoms with E-state index in [1.807, 2.05) is 48.5 Å². The number of hydrogen-bond acceptors (Lipinski definition) is 1. The third-order valence-corrected chi connectivity index (χ3v) is 5.37. The molecule has 0 saturated carbocycles. The zero-order chi connectivity index (χ0) is 17.4. The Bertz CT molecular complexity index is 1030. The summed E-state index contributed by atoms with van der Waals surface area (Å²) in [5.74, 6) is 0.893. The van der Waals surface area contributed by atoms with Crippen molar-refractivity contribution in [1.29, 1.82) is 0 Å². The Kier molecular flexibility index (Phi) is 4.55. The molecule has 0 N–H and O–H groups in total. The van der Waals surface area contributed by atoms with Crippen molar-refractivity contribution in [2.45, 2.75) is 6.54 Å². The fourth-order valence-corrected chi connectivity index (χ4v) is 3.68. The van der Waals surface area contributed by atoms with Crippen LogP contribution in [0.5, 0.6) is 0 Å². The van der Waals surface area contributed by atoms with Gasteiger partial charge in [-0.2, -0.15) is 0 Å². The lowest BCUT2D eigenvalue weighted by Crippen LogP contribution is -2.03. The Morgan fingerprint density at radius 3 is 2.24 bits per heavy atom. The molecular weight excluding hydrogens is 419 g/mol. The standard InChI is InChI=1S/C20H13BrCl2N2/c21-14-10-8-13(9-11-14)20-24-18-6-1-2-7-19(18)25(20)12-15-16(22)4-3-5-17(15)23/h1-11H,12H2. The highest BCUT2D eigenvalue weighted by molar-refractivity contribution is 9.10. The van der Waals surface area contributed by atoms with Crippen LogP contribution in [-0.2, 0) is 6.54 Å². The number of rotatable bonds is 3. The molecule has 0 radical (unpaired) electrons. The molecule has 0 aliphatic carbocycles. The van der Waals surface area contributed by atoms with E-state index in [0.29, 0.717) is 16.6 Å². The molecule has 2 nitrogen and oxygen atoms in total. The van der Waals surface area contributed by atoms with Crippen molar-refractivity contribution in [3.05, 3.63) is 86.8 Å². The molecule has 0 saturated heterocycles. The molecule has 0 bridgehead atoms. The van der Waals surface area contributed by atoms with E-state index in [-0.39, 0.29) is 0 Å². The minimum atomic E-state index is 0.560. The quantitative estimate of drug-likeness (QED) is 0.348. The normalized spacial score (nSPS) is 11.2. The summed E-state index contributed by atoms with van der Waals surface area (Å²) in [5, 5.41) is 1.32. The summed E-state index contributed by atoms with van der Waals surface area (Å²) in [6.45, 7) is 0.560. The first kappa shape index (κ1) is 16.6. The lowest BCUT2D eigenvalue weighted by molar-refractivity contribution is 0.835. The van der Waals surface area contributed by atoms with Gasteiger partial charge in [0.15, 0.2) is 0 Å². The molecule has 4 aromatic rings. The van der Waals surface area contributed by atoms with Crippen molar-refractivity contribution in [2.24, 2.45) is 0 Å². The lowest BCUT2D eigenvalue weighted by Gasteiger charge is -2.12. The lowest BCUT2D eigenvalue weighted by atomic mass is 10.2. The van der Waals surface area contributed by atoms with Gasteiger partial charge in [-0.05, 0) is 36.4 Å². The summed E-state index contributed by atoms with van der Waals surface area (Å²) in [6.07, 6.45) is 0. The van der Waals surface area contributed by atoms with Crippen LogP contribution in [0.4, 0.5) is 0 Å². The van der Waals surface area contributed by atoms with Gasteiger partial charge in [0.05, 0.1) is 17.6 Å². The SMILES string of the molecule is Clc1cccc(Cl)c1Cn1c(-c2ccc(Br)cc2)nc2ccccc21. The number of benzene rings is 3. The molecule has 1 aromatic heterocycles. The third-order valence-electron chi connectivity index (χ3n) is 4.13. The van der Waals surface area contributed by atoms with Gasteiger partial charge in [0.2, 0.25) is 0 Å². The Hall–Kier alpha value is -1.81. The first-order valence-corrected chi connectivity index (χ1v) is 9.32. The molecule has 0 aliphatic rings. The minimum absolute atomic E-state index is 0.560. The predicted molar refractivity (Wildman–Crippen MR) is 108 cm³/mol. The first-order valence-electron chi connectivity index (χ1n) is 7.77. The Labute approximate surface area is 164 Å². The smallest absolute Gasteiger partial charge is 0.141 e. The molecule has 3 aromatic carbocycles. The fraction of sp³-hybridized carbons (Fsp3) is 0.0500. The highest BCUT2D eigenvalue weighted by Gasteiger charge is 2.15. The number of hydrogen-bond donors (Lipinski definition) is 0. The molecule has 0 spiro atoms. The summed E-state index contributed by atoms with van der Waals surface area (Å²) in [7, 11) is 0. The largest absolute Gasteiger partial charge is 0.319 e. The molecule has 4 rings (SSSR count). The number of halogens is 3. The molecular formula is C20H13BrCl2N2. The van der Waals surface area contributed by atoms with Crippen molar-refractivity contribution >= 4 is 50.2 Å². The van der Waals surface area contributed by atoms with Crippen molar-refractivity contribution in [3.8, 4) is 11.4 Å². The van der Waals surface area contributed by atoms with Crippen LogP contribution in [0.2, 0.25) is 10.0 Å². The molecule has 1 heterocycles. The van der Waals surface area contributed by atoms with Crippen molar-refractivity contribution in [1.82, 2.24) is 9.55 Å². The molecule has 0 atom stereocenters. The van der Waals surface area contributed by atoms with Crippen LogP contribution >= 0.6 is 39.1 Å². The maximum Gasteiger partial charge on any atom is 0.141 e. The molecule has 124 valence electrons. The summed E-state index contributed by atoms with van der Waals surface area (Å²) in [4.78, 5) is 4.83. The van der Waals surface area contributed by atoms with E-state index in [1.165, 1.54) is 0 Å². The number of nitrogens with zero attached hydrogens (tertiary/aromatic N) is 2. The van der Waals surface area contributed by atoms with Crippen LogP contribution in [0.1, 0.15) is 5.56 Å².